The predicted octanol–water partition coefficient (Wildman–Crippen LogP) is 3.53. The van der Waals surface area contributed by atoms with Crippen LogP contribution in [-0.2, 0) is 6.54 Å². The number of benzene rings is 1. The molecule has 142 valence electrons. The quantitative estimate of drug-likeness (QED) is 0.398. The Labute approximate surface area is 171 Å². The van der Waals surface area contributed by atoms with Crippen molar-refractivity contribution in [3.63, 3.8) is 0 Å². The van der Waals surface area contributed by atoms with Crippen LogP contribution in [0.15, 0.2) is 33.8 Å². The van der Waals surface area contributed by atoms with Gasteiger partial charge in [0.15, 0.2) is 5.96 Å². The van der Waals surface area contributed by atoms with Gasteiger partial charge in [0, 0.05) is 24.6 Å². The first-order valence-electron chi connectivity index (χ1n) is 8.84. The van der Waals surface area contributed by atoms with Crippen molar-refractivity contribution in [3.8, 4) is 5.75 Å². The molecule has 0 aliphatic carbocycles. The molecule has 0 bridgehead atoms. The van der Waals surface area contributed by atoms with Crippen molar-refractivity contribution >= 4 is 29.9 Å². The highest BCUT2D eigenvalue weighted by Crippen LogP contribution is 2.32. The average molecular weight is 470 g/mol. The van der Waals surface area contributed by atoms with E-state index in [0.717, 1.165) is 54.8 Å². The number of hydrogen-bond acceptors (Lipinski definition) is 4. The van der Waals surface area contributed by atoms with Crippen LogP contribution in [0.2, 0.25) is 0 Å². The summed E-state index contributed by atoms with van der Waals surface area (Å²) in [4.78, 5) is 4.68. The van der Waals surface area contributed by atoms with E-state index in [-0.39, 0.29) is 24.0 Å². The topological polar surface area (TPSA) is 71.7 Å². The molecule has 26 heavy (non-hydrogen) atoms. The van der Waals surface area contributed by atoms with E-state index in [2.05, 4.69) is 39.8 Å². The van der Waals surface area contributed by atoms with Crippen LogP contribution < -0.4 is 15.4 Å². The minimum absolute atomic E-state index is 0. The third-order valence-corrected chi connectivity index (χ3v) is 4.52. The second kappa shape index (κ2) is 9.80. The first kappa shape index (κ1) is 20.5. The van der Waals surface area contributed by atoms with Gasteiger partial charge in [0.1, 0.15) is 11.5 Å². The first-order valence-corrected chi connectivity index (χ1v) is 8.84. The number of halogens is 1. The van der Waals surface area contributed by atoms with E-state index in [1.807, 2.05) is 26.0 Å². The van der Waals surface area contributed by atoms with Gasteiger partial charge in [-0.1, -0.05) is 23.4 Å². The fraction of sp³-hybridized carbons (Fsp3) is 0.474. The molecule has 1 aliphatic rings. The lowest BCUT2D eigenvalue weighted by Gasteiger charge is -2.26. The molecule has 3 rings (SSSR count). The van der Waals surface area contributed by atoms with Crippen molar-refractivity contribution in [3.05, 3.63) is 46.8 Å². The zero-order chi connectivity index (χ0) is 17.6. The summed E-state index contributed by atoms with van der Waals surface area (Å²) in [5, 5.41) is 10.8. The molecule has 6 nitrogen and oxygen atoms in total. The van der Waals surface area contributed by atoms with Crippen molar-refractivity contribution in [2.75, 3.05) is 19.7 Å². The number of aliphatic imine (C=N–C) groups is 1. The number of fused-ring (bicyclic) bond motifs is 1. The van der Waals surface area contributed by atoms with Crippen LogP contribution in [0.4, 0.5) is 0 Å². The maximum Gasteiger partial charge on any atom is 0.191 e. The van der Waals surface area contributed by atoms with E-state index in [0.29, 0.717) is 12.5 Å². The number of guanidine groups is 1. The molecule has 1 unspecified atom stereocenters. The van der Waals surface area contributed by atoms with Crippen LogP contribution in [0.1, 0.15) is 41.8 Å². The zero-order valence-electron chi connectivity index (χ0n) is 15.5. The Balaban J connectivity index is 0.00000243. The van der Waals surface area contributed by atoms with Crippen LogP contribution in [0.3, 0.4) is 0 Å². The number of ether oxygens (including phenoxy) is 1. The molecule has 1 atom stereocenters. The third kappa shape index (κ3) is 4.90. The second-order valence-corrected chi connectivity index (χ2v) is 6.25. The van der Waals surface area contributed by atoms with Gasteiger partial charge >= 0.3 is 0 Å². The Hall–Kier alpha value is -1.77. The Kier molecular flexibility index (Phi) is 7.74. The number of hydrogen-bond donors (Lipinski definition) is 2. The molecule has 0 saturated carbocycles. The number of aromatic nitrogens is 1. The molecule has 1 aromatic carbocycles. The van der Waals surface area contributed by atoms with Crippen LogP contribution >= 0.6 is 24.0 Å². The Morgan fingerprint density at radius 3 is 2.81 bits per heavy atom. The summed E-state index contributed by atoms with van der Waals surface area (Å²) in [5.41, 5.74) is 3.21. The number of para-hydroxylation sites is 1. The summed E-state index contributed by atoms with van der Waals surface area (Å²) >= 11 is 0. The van der Waals surface area contributed by atoms with Gasteiger partial charge in [-0.3, -0.25) is 0 Å². The van der Waals surface area contributed by atoms with Crippen LogP contribution in [-0.4, -0.2) is 30.8 Å². The molecular formula is C19H27IN4O2. The first-order chi connectivity index (χ1) is 12.2. The molecule has 2 heterocycles. The predicted molar refractivity (Wildman–Crippen MR) is 114 cm³/mol. The standard InChI is InChI=1S/C19H26N4O2.HI/c1-4-20-19(22-12-17-13(2)23-25-14(17)3)21-11-15-9-10-24-18-8-6-5-7-16(15)18;/h5-8,15H,4,9-12H2,1-3H3,(H2,20,21,22);1H. The van der Waals surface area contributed by atoms with E-state index >= 15 is 0 Å². The number of nitrogens with zero attached hydrogens (tertiary/aromatic N) is 2. The maximum absolute atomic E-state index is 5.74. The van der Waals surface area contributed by atoms with Gasteiger partial charge in [-0.25, -0.2) is 4.99 Å². The van der Waals surface area contributed by atoms with Gasteiger partial charge in [0.2, 0.25) is 0 Å². The molecule has 2 aromatic rings. The smallest absolute Gasteiger partial charge is 0.191 e. The molecule has 0 spiro atoms. The highest BCUT2D eigenvalue weighted by Gasteiger charge is 2.21. The zero-order valence-corrected chi connectivity index (χ0v) is 17.9. The molecule has 0 saturated heterocycles. The summed E-state index contributed by atoms with van der Waals surface area (Å²) in [6, 6.07) is 8.27. The summed E-state index contributed by atoms with van der Waals surface area (Å²) in [6.45, 7) is 8.89. The summed E-state index contributed by atoms with van der Waals surface area (Å²) in [7, 11) is 0. The van der Waals surface area contributed by atoms with Gasteiger partial charge in [-0.15, -0.1) is 24.0 Å². The number of rotatable bonds is 5. The molecule has 7 heteroatoms. The highest BCUT2D eigenvalue weighted by atomic mass is 127. The molecule has 0 amide bonds. The van der Waals surface area contributed by atoms with Crippen molar-refractivity contribution in [1.82, 2.24) is 15.8 Å². The lowest BCUT2D eigenvalue weighted by Crippen LogP contribution is -2.40. The summed E-state index contributed by atoms with van der Waals surface area (Å²) in [6.07, 6.45) is 1.01. The molecule has 0 fully saturated rings. The van der Waals surface area contributed by atoms with E-state index < -0.39 is 0 Å². The van der Waals surface area contributed by atoms with Crippen LogP contribution in [0, 0.1) is 13.8 Å². The van der Waals surface area contributed by atoms with E-state index in [1.54, 1.807) is 0 Å². The van der Waals surface area contributed by atoms with Crippen molar-refractivity contribution in [2.24, 2.45) is 4.99 Å². The Morgan fingerprint density at radius 1 is 1.27 bits per heavy atom. The Bertz CT molecular complexity index is 725. The molecular weight excluding hydrogens is 443 g/mol. The van der Waals surface area contributed by atoms with Crippen LogP contribution in [0.5, 0.6) is 5.75 Å². The van der Waals surface area contributed by atoms with E-state index in [4.69, 9.17) is 9.26 Å². The van der Waals surface area contributed by atoms with Gasteiger partial charge in [0.25, 0.3) is 0 Å². The normalized spacial score (nSPS) is 16.3. The largest absolute Gasteiger partial charge is 0.493 e. The van der Waals surface area contributed by atoms with Gasteiger partial charge < -0.3 is 19.9 Å². The second-order valence-electron chi connectivity index (χ2n) is 6.25. The Morgan fingerprint density at radius 2 is 2.08 bits per heavy atom. The fourth-order valence-corrected chi connectivity index (χ4v) is 3.08. The van der Waals surface area contributed by atoms with Crippen molar-refractivity contribution in [1.29, 1.82) is 0 Å². The minimum atomic E-state index is 0. The van der Waals surface area contributed by atoms with Crippen molar-refractivity contribution < 1.29 is 9.26 Å². The minimum Gasteiger partial charge on any atom is -0.493 e. The third-order valence-electron chi connectivity index (χ3n) is 4.52. The van der Waals surface area contributed by atoms with E-state index in [9.17, 15) is 0 Å². The summed E-state index contributed by atoms with van der Waals surface area (Å²) in [5.74, 6) is 3.06. The lowest BCUT2D eigenvalue weighted by atomic mass is 9.93. The van der Waals surface area contributed by atoms with Gasteiger partial charge in [-0.2, -0.15) is 0 Å². The van der Waals surface area contributed by atoms with E-state index in [1.165, 1.54) is 5.56 Å². The molecule has 1 aliphatic heterocycles. The molecule has 1 aromatic heterocycles. The maximum atomic E-state index is 5.74. The fourth-order valence-electron chi connectivity index (χ4n) is 3.08. The number of nitrogens with one attached hydrogen (secondary N) is 2. The highest BCUT2D eigenvalue weighted by molar-refractivity contribution is 14.0. The molecule has 0 radical (unpaired) electrons. The van der Waals surface area contributed by atoms with Crippen molar-refractivity contribution in [2.45, 2.75) is 39.7 Å². The van der Waals surface area contributed by atoms with Crippen LogP contribution in [0.25, 0.3) is 0 Å². The monoisotopic (exact) mass is 470 g/mol. The molecule has 2 N–H and O–H groups in total. The average Bonchev–Trinajstić information content (AvgIpc) is 2.95. The SMILES string of the molecule is CCNC(=NCc1c(C)noc1C)NCC1CCOc2ccccc21.I. The van der Waals surface area contributed by atoms with Gasteiger partial charge in [0.05, 0.1) is 18.8 Å². The summed E-state index contributed by atoms with van der Waals surface area (Å²) < 4.78 is 10.9. The lowest BCUT2D eigenvalue weighted by molar-refractivity contribution is 0.267. The van der Waals surface area contributed by atoms with Gasteiger partial charge in [-0.05, 0) is 38.8 Å². The number of aryl methyl sites for hydroxylation is 2.